The van der Waals surface area contributed by atoms with Crippen molar-refractivity contribution in [3.05, 3.63) is 71.3 Å². The Morgan fingerprint density at radius 3 is 2.30 bits per heavy atom. The molecule has 0 aliphatic carbocycles. The molecule has 0 saturated carbocycles. The second-order valence-corrected chi connectivity index (χ2v) is 6.29. The first kappa shape index (κ1) is 20.7. The van der Waals surface area contributed by atoms with Crippen molar-refractivity contribution in [1.29, 1.82) is 0 Å². The molecule has 0 spiro atoms. The van der Waals surface area contributed by atoms with E-state index in [2.05, 4.69) is 5.92 Å². The summed E-state index contributed by atoms with van der Waals surface area (Å²) in [5.74, 6) is 4.03. The van der Waals surface area contributed by atoms with Crippen molar-refractivity contribution in [2.75, 3.05) is 0 Å². The summed E-state index contributed by atoms with van der Waals surface area (Å²) in [6, 6.07) is 14.3. The van der Waals surface area contributed by atoms with Crippen LogP contribution < -0.4 is 0 Å². The van der Waals surface area contributed by atoms with Gasteiger partial charge < -0.3 is 5.11 Å². The van der Waals surface area contributed by atoms with Gasteiger partial charge in [0.15, 0.2) is 5.78 Å². The van der Waals surface area contributed by atoms with Gasteiger partial charge in [0.2, 0.25) is 5.60 Å². The van der Waals surface area contributed by atoms with Gasteiger partial charge in [0.05, 0.1) is 0 Å². The number of benzene rings is 2. The summed E-state index contributed by atoms with van der Waals surface area (Å²) in [4.78, 5) is 12.7. The van der Waals surface area contributed by atoms with E-state index >= 15 is 0 Å². The Balaban J connectivity index is 2.39. The van der Waals surface area contributed by atoms with Crippen molar-refractivity contribution in [2.24, 2.45) is 0 Å². The SMILES string of the molecule is CCCCC#CC(O)(Cc1ccccc1C(=O)c1ccccc1)C(F)(F)F. The van der Waals surface area contributed by atoms with Crippen molar-refractivity contribution in [3.8, 4) is 11.8 Å². The Kier molecular flexibility index (Phi) is 6.81. The first-order chi connectivity index (χ1) is 12.8. The van der Waals surface area contributed by atoms with Crippen molar-refractivity contribution in [2.45, 2.75) is 44.4 Å². The standard InChI is InChI=1S/C22H21F3O2/c1-2-3-4-10-15-21(27,22(23,24)25)16-18-13-8-9-14-19(18)20(26)17-11-6-5-7-12-17/h5-9,11-14,27H,2-4,16H2,1H3. The van der Waals surface area contributed by atoms with Crippen molar-refractivity contribution in [1.82, 2.24) is 0 Å². The van der Waals surface area contributed by atoms with Gasteiger partial charge in [-0.1, -0.05) is 79.8 Å². The van der Waals surface area contributed by atoms with Gasteiger partial charge in [-0.25, -0.2) is 0 Å². The molecule has 0 bridgehead atoms. The zero-order valence-corrected chi connectivity index (χ0v) is 15.0. The van der Waals surface area contributed by atoms with Gasteiger partial charge in [-0.15, -0.1) is 0 Å². The number of aliphatic hydroxyl groups is 1. The fourth-order valence-corrected chi connectivity index (χ4v) is 2.61. The molecular weight excluding hydrogens is 353 g/mol. The molecule has 27 heavy (non-hydrogen) atoms. The molecule has 0 aliphatic heterocycles. The van der Waals surface area contributed by atoms with Crippen LogP contribution >= 0.6 is 0 Å². The zero-order valence-electron chi connectivity index (χ0n) is 15.0. The molecule has 2 nitrogen and oxygen atoms in total. The van der Waals surface area contributed by atoms with Crippen LogP contribution in [0.15, 0.2) is 54.6 Å². The summed E-state index contributed by atoms with van der Waals surface area (Å²) in [5, 5.41) is 10.3. The number of halogens is 3. The Morgan fingerprint density at radius 1 is 1.04 bits per heavy atom. The van der Waals surface area contributed by atoms with E-state index < -0.39 is 24.0 Å². The smallest absolute Gasteiger partial charge is 0.369 e. The predicted octanol–water partition coefficient (Wildman–Crippen LogP) is 4.95. The van der Waals surface area contributed by atoms with Gasteiger partial charge in [0.1, 0.15) is 0 Å². The molecule has 0 saturated heterocycles. The molecule has 1 atom stereocenters. The molecule has 0 radical (unpaired) electrons. The molecule has 0 fully saturated rings. The van der Waals surface area contributed by atoms with Crippen LogP contribution in [0.1, 0.15) is 47.7 Å². The molecule has 0 aromatic heterocycles. The lowest BCUT2D eigenvalue weighted by Crippen LogP contribution is -2.46. The van der Waals surface area contributed by atoms with Crippen LogP contribution in [-0.2, 0) is 6.42 Å². The van der Waals surface area contributed by atoms with E-state index in [9.17, 15) is 23.1 Å². The maximum absolute atomic E-state index is 13.5. The van der Waals surface area contributed by atoms with E-state index in [4.69, 9.17) is 0 Å². The monoisotopic (exact) mass is 374 g/mol. The summed E-state index contributed by atoms with van der Waals surface area (Å²) < 4.78 is 40.6. The Morgan fingerprint density at radius 2 is 1.67 bits per heavy atom. The highest BCUT2D eigenvalue weighted by Crippen LogP contribution is 2.34. The topological polar surface area (TPSA) is 37.3 Å². The number of rotatable bonds is 6. The largest absolute Gasteiger partial charge is 0.429 e. The molecule has 2 aromatic rings. The van der Waals surface area contributed by atoms with E-state index in [0.29, 0.717) is 12.0 Å². The minimum absolute atomic E-state index is 0.107. The lowest BCUT2D eigenvalue weighted by atomic mass is 9.89. The molecule has 142 valence electrons. The van der Waals surface area contributed by atoms with E-state index in [1.54, 1.807) is 42.5 Å². The summed E-state index contributed by atoms with van der Waals surface area (Å²) in [7, 11) is 0. The Labute approximate surface area is 157 Å². The zero-order chi connectivity index (χ0) is 19.9. The van der Waals surface area contributed by atoms with Crippen LogP contribution in [0.4, 0.5) is 13.2 Å². The molecule has 2 aromatic carbocycles. The first-order valence-corrected chi connectivity index (χ1v) is 8.75. The van der Waals surface area contributed by atoms with Crippen LogP contribution in [0.3, 0.4) is 0 Å². The first-order valence-electron chi connectivity index (χ1n) is 8.75. The minimum atomic E-state index is -4.94. The number of hydrogen-bond acceptors (Lipinski definition) is 2. The van der Waals surface area contributed by atoms with Crippen molar-refractivity contribution in [3.63, 3.8) is 0 Å². The molecule has 1 unspecified atom stereocenters. The summed E-state index contributed by atoms with van der Waals surface area (Å²) in [6.07, 6.45) is -4.00. The Bertz CT molecular complexity index is 832. The van der Waals surface area contributed by atoms with Crippen molar-refractivity contribution < 1.29 is 23.1 Å². The summed E-state index contributed by atoms with van der Waals surface area (Å²) in [6.45, 7) is 1.91. The van der Waals surface area contributed by atoms with Crippen LogP contribution in [-0.4, -0.2) is 22.7 Å². The highest BCUT2D eigenvalue weighted by molar-refractivity contribution is 6.09. The molecule has 0 heterocycles. The molecule has 1 N–H and O–H groups in total. The van der Waals surface area contributed by atoms with E-state index in [-0.39, 0.29) is 17.5 Å². The lowest BCUT2D eigenvalue weighted by Gasteiger charge is -2.26. The normalized spacial score (nSPS) is 13.4. The maximum atomic E-state index is 13.5. The highest BCUT2D eigenvalue weighted by atomic mass is 19.4. The average Bonchev–Trinajstić information content (AvgIpc) is 2.65. The molecular formula is C22H21F3O2. The number of carbonyl (C=O) groups excluding carboxylic acids is 1. The van der Waals surface area contributed by atoms with Crippen LogP contribution in [0.5, 0.6) is 0 Å². The fourth-order valence-electron chi connectivity index (χ4n) is 2.61. The number of alkyl halides is 3. The number of hydrogen-bond donors (Lipinski definition) is 1. The van der Waals surface area contributed by atoms with Crippen LogP contribution in [0, 0.1) is 11.8 Å². The van der Waals surface area contributed by atoms with Crippen LogP contribution in [0.25, 0.3) is 0 Å². The van der Waals surface area contributed by atoms with Gasteiger partial charge in [0.25, 0.3) is 0 Å². The second kappa shape index (κ2) is 8.88. The molecule has 5 heteroatoms. The minimum Gasteiger partial charge on any atom is -0.369 e. The van der Waals surface area contributed by atoms with Gasteiger partial charge in [0, 0.05) is 24.0 Å². The van der Waals surface area contributed by atoms with Crippen molar-refractivity contribution >= 4 is 5.78 Å². The third-order valence-electron chi connectivity index (χ3n) is 4.16. The van der Waals surface area contributed by atoms with E-state index in [1.165, 1.54) is 12.1 Å². The van der Waals surface area contributed by atoms with Gasteiger partial charge in [-0.05, 0) is 12.0 Å². The molecule has 0 amide bonds. The fraction of sp³-hybridized carbons (Fsp3) is 0.318. The number of unbranched alkanes of at least 4 members (excludes halogenated alkanes) is 2. The van der Waals surface area contributed by atoms with Gasteiger partial charge >= 0.3 is 6.18 Å². The molecule has 2 rings (SSSR count). The van der Waals surface area contributed by atoms with E-state index in [0.717, 1.165) is 6.42 Å². The second-order valence-electron chi connectivity index (χ2n) is 6.29. The average molecular weight is 374 g/mol. The summed E-state index contributed by atoms with van der Waals surface area (Å²) >= 11 is 0. The van der Waals surface area contributed by atoms with Gasteiger partial charge in [-0.2, -0.15) is 13.2 Å². The quantitative estimate of drug-likeness (QED) is 0.441. The third-order valence-corrected chi connectivity index (χ3v) is 4.16. The molecule has 0 aliphatic rings. The van der Waals surface area contributed by atoms with Gasteiger partial charge in [-0.3, -0.25) is 4.79 Å². The summed E-state index contributed by atoms with van der Waals surface area (Å²) in [5.41, 5.74) is -2.60. The highest BCUT2D eigenvalue weighted by Gasteiger charge is 2.53. The Hall–Kier alpha value is -2.58. The van der Waals surface area contributed by atoms with Crippen LogP contribution in [0.2, 0.25) is 0 Å². The number of carbonyl (C=O) groups is 1. The third kappa shape index (κ3) is 5.21. The predicted molar refractivity (Wildman–Crippen MR) is 98.3 cm³/mol. The van der Waals surface area contributed by atoms with E-state index in [1.807, 2.05) is 12.8 Å². The number of ketones is 1. The maximum Gasteiger partial charge on any atom is 0.429 e. The lowest BCUT2D eigenvalue weighted by molar-refractivity contribution is -0.234.